The number of rotatable bonds is 6. The molecule has 0 amide bonds. The Morgan fingerprint density at radius 1 is 0.696 bits per heavy atom. The molecule has 0 saturated carbocycles. The van der Waals surface area contributed by atoms with Gasteiger partial charge in [0, 0.05) is 23.6 Å². The minimum absolute atomic E-state index is 0.646. The van der Waals surface area contributed by atoms with Gasteiger partial charge in [-0.25, -0.2) is 0 Å². The van der Waals surface area contributed by atoms with Crippen molar-refractivity contribution in [2.24, 2.45) is 0 Å². The molecule has 0 unspecified atom stereocenters. The molecule has 2 aromatic carbocycles. The van der Waals surface area contributed by atoms with E-state index in [1.807, 2.05) is 0 Å². The maximum atomic E-state index is 6.43. The third-order valence-electron chi connectivity index (χ3n) is 4.61. The van der Waals surface area contributed by atoms with E-state index in [-0.39, 0.29) is 0 Å². The van der Waals surface area contributed by atoms with Crippen LogP contribution in [-0.2, 0) is 8.85 Å². The van der Waals surface area contributed by atoms with Gasteiger partial charge in [0.05, 0.1) is 0 Å². The lowest BCUT2D eigenvalue weighted by Gasteiger charge is -2.33. The van der Waals surface area contributed by atoms with Crippen LogP contribution in [0, 0.1) is 27.7 Å². The van der Waals surface area contributed by atoms with Crippen LogP contribution in [0.15, 0.2) is 36.4 Å². The quantitative estimate of drug-likeness (QED) is 0.755. The van der Waals surface area contributed by atoms with Crippen molar-refractivity contribution in [2.75, 3.05) is 13.2 Å². The minimum Gasteiger partial charge on any atom is -0.388 e. The fraction of sp³-hybridized carbons (Fsp3) is 0.400. The van der Waals surface area contributed by atoms with Gasteiger partial charge < -0.3 is 8.85 Å². The Kier molecular flexibility index (Phi) is 5.79. The largest absolute Gasteiger partial charge is 0.407 e. The Morgan fingerprint density at radius 3 is 1.43 bits per heavy atom. The highest BCUT2D eigenvalue weighted by Crippen LogP contribution is 2.18. The SMILES string of the molecule is CCO[Si](OCC)(c1cccc(C)c1C)c1cccc(C)c1C. The summed E-state index contributed by atoms with van der Waals surface area (Å²) in [6.45, 7) is 14.1. The van der Waals surface area contributed by atoms with Crippen LogP contribution in [0.25, 0.3) is 0 Å². The van der Waals surface area contributed by atoms with E-state index >= 15 is 0 Å². The van der Waals surface area contributed by atoms with E-state index in [4.69, 9.17) is 8.85 Å². The summed E-state index contributed by atoms with van der Waals surface area (Å²) in [5.74, 6) is 0. The van der Waals surface area contributed by atoms with E-state index in [0.29, 0.717) is 13.2 Å². The molecule has 2 nitrogen and oxygen atoms in total. The lowest BCUT2D eigenvalue weighted by Crippen LogP contribution is -2.65. The molecule has 0 fully saturated rings. The molecule has 0 bridgehead atoms. The van der Waals surface area contributed by atoms with Crippen molar-refractivity contribution >= 4 is 18.9 Å². The van der Waals surface area contributed by atoms with Gasteiger partial charge in [0.25, 0.3) is 0 Å². The minimum atomic E-state index is -2.70. The van der Waals surface area contributed by atoms with Crippen molar-refractivity contribution in [3.63, 3.8) is 0 Å². The van der Waals surface area contributed by atoms with Crippen molar-refractivity contribution in [3.8, 4) is 0 Å². The first-order valence-corrected chi connectivity index (χ1v) is 10.2. The maximum absolute atomic E-state index is 6.43. The van der Waals surface area contributed by atoms with Gasteiger partial charge in [-0.15, -0.1) is 0 Å². The molecule has 23 heavy (non-hydrogen) atoms. The second kappa shape index (κ2) is 7.43. The number of hydrogen-bond acceptors (Lipinski definition) is 2. The maximum Gasteiger partial charge on any atom is 0.407 e. The Balaban J connectivity index is 2.79. The van der Waals surface area contributed by atoms with Crippen LogP contribution in [0.4, 0.5) is 0 Å². The molecular formula is C20H28O2Si. The number of aryl methyl sites for hydroxylation is 2. The summed E-state index contributed by atoms with van der Waals surface area (Å²) in [7, 11) is -2.70. The van der Waals surface area contributed by atoms with E-state index < -0.39 is 8.56 Å². The molecule has 0 spiro atoms. The summed E-state index contributed by atoms with van der Waals surface area (Å²) < 4.78 is 12.9. The first-order valence-electron chi connectivity index (χ1n) is 8.39. The molecule has 2 aromatic rings. The average molecular weight is 329 g/mol. The molecule has 0 aliphatic carbocycles. The van der Waals surface area contributed by atoms with Crippen LogP contribution in [0.2, 0.25) is 0 Å². The third-order valence-corrected chi connectivity index (χ3v) is 8.51. The molecule has 0 N–H and O–H groups in total. The zero-order chi connectivity index (χ0) is 17.0. The van der Waals surface area contributed by atoms with Crippen molar-refractivity contribution in [2.45, 2.75) is 41.5 Å². The predicted octanol–water partition coefficient (Wildman–Crippen LogP) is 3.55. The van der Waals surface area contributed by atoms with E-state index in [1.165, 1.54) is 32.6 Å². The molecule has 0 saturated heterocycles. The second-order valence-electron chi connectivity index (χ2n) is 5.98. The molecule has 0 atom stereocenters. The van der Waals surface area contributed by atoms with Crippen molar-refractivity contribution < 1.29 is 8.85 Å². The van der Waals surface area contributed by atoms with Crippen LogP contribution in [0.1, 0.15) is 36.1 Å². The zero-order valence-corrected chi connectivity index (χ0v) is 16.2. The Bertz CT molecular complexity index is 620. The first kappa shape index (κ1) is 17.9. The van der Waals surface area contributed by atoms with Crippen LogP contribution in [-0.4, -0.2) is 21.8 Å². The van der Waals surface area contributed by atoms with Gasteiger partial charge in [-0.1, -0.05) is 36.4 Å². The van der Waals surface area contributed by atoms with Crippen LogP contribution < -0.4 is 10.4 Å². The molecule has 0 aromatic heterocycles. The molecule has 2 rings (SSSR count). The Hall–Kier alpha value is -1.42. The Labute approximate surface area is 141 Å². The number of hydrogen-bond donors (Lipinski definition) is 0. The first-order chi connectivity index (χ1) is 11.0. The van der Waals surface area contributed by atoms with Crippen molar-refractivity contribution in [1.29, 1.82) is 0 Å². The lowest BCUT2D eigenvalue weighted by atomic mass is 10.1. The van der Waals surface area contributed by atoms with Crippen molar-refractivity contribution in [3.05, 3.63) is 58.7 Å². The van der Waals surface area contributed by atoms with Crippen LogP contribution in [0.3, 0.4) is 0 Å². The summed E-state index contributed by atoms with van der Waals surface area (Å²) in [6, 6.07) is 12.9. The normalized spacial score (nSPS) is 11.7. The average Bonchev–Trinajstić information content (AvgIpc) is 2.52. The number of benzene rings is 2. The summed E-state index contributed by atoms with van der Waals surface area (Å²) in [6.07, 6.45) is 0. The monoisotopic (exact) mass is 328 g/mol. The highest BCUT2D eigenvalue weighted by molar-refractivity contribution is 6.93. The van der Waals surface area contributed by atoms with Gasteiger partial charge in [-0.05, 0) is 63.8 Å². The van der Waals surface area contributed by atoms with Gasteiger partial charge >= 0.3 is 8.56 Å². The summed E-state index contributed by atoms with van der Waals surface area (Å²) in [5.41, 5.74) is 5.12. The van der Waals surface area contributed by atoms with E-state index in [0.717, 1.165) is 0 Å². The molecule has 0 heterocycles. The summed E-state index contributed by atoms with van der Waals surface area (Å²) in [4.78, 5) is 0. The van der Waals surface area contributed by atoms with Crippen LogP contribution >= 0.6 is 0 Å². The molecule has 0 aliphatic rings. The van der Waals surface area contributed by atoms with Gasteiger partial charge in [-0.3, -0.25) is 0 Å². The Morgan fingerprint density at radius 2 is 1.09 bits per heavy atom. The predicted molar refractivity (Wildman–Crippen MR) is 100 cm³/mol. The fourth-order valence-corrected chi connectivity index (χ4v) is 6.94. The second-order valence-corrected chi connectivity index (χ2v) is 8.87. The molecule has 0 radical (unpaired) electrons. The molecule has 124 valence electrons. The van der Waals surface area contributed by atoms with E-state index in [1.54, 1.807) is 0 Å². The van der Waals surface area contributed by atoms with E-state index in [2.05, 4.69) is 77.9 Å². The summed E-state index contributed by atoms with van der Waals surface area (Å²) in [5, 5.41) is 2.46. The van der Waals surface area contributed by atoms with Gasteiger partial charge in [-0.2, -0.15) is 0 Å². The van der Waals surface area contributed by atoms with Gasteiger partial charge in [0.2, 0.25) is 0 Å². The zero-order valence-electron chi connectivity index (χ0n) is 15.2. The highest BCUT2D eigenvalue weighted by atomic mass is 28.4. The summed E-state index contributed by atoms with van der Waals surface area (Å²) >= 11 is 0. The fourth-order valence-electron chi connectivity index (χ4n) is 3.12. The molecule has 0 aliphatic heterocycles. The van der Waals surface area contributed by atoms with E-state index in [9.17, 15) is 0 Å². The lowest BCUT2D eigenvalue weighted by molar-refractivity contribution is 0.208. The van der Waals surface area contributed by atoms with Crippen LogP contribution in [0.5, 0.6) is 0 Å². The van der Waals surface area contributed by atoms with Gasteiger partial charge in [0.15, 0.2) is 0 Å². The smallest absolute Gasteiger partial charge is 0.388 e. The highest BCUT2D eigenvalue weighted by Gasteiger charge is 2.44. The third kappa shape index (κ3) is 3.27. The molecule has 3 heteroatoms. The standard InChI is InChI=1S/C20H28O2Si/c1-7-21-23(22-8-2,19-13-9-11-15(3)17(19)5)20-14-10-12-16(4)18(20)6/h9-14H,7-8H2,1-6H3. The van der Waals surface area contributed by atoms with Crippen molar-refractivity contribution in [1.82, 2.24) is 0 Å². The molecular weight excluding hydrogens is 300 g/mol. The van der Waals surface area contributed by atoms with Gasteiger partial charge in [0.1, 0.15) is 0 Å². The topological polar surface area (TPSA) is 18.5 Å².